The van der Waals surface area contributed by atoms with Gasteiger partial charge in [-0.25, -0.2) is 0 Å². The number of fused-ring (bicyclic) bond motifs is 7. The Hall–Kier alpha value is -3.12. The van der Waals surface area contributed by atoms with Gasteiger partial charge in [0.15, 0.2) is 0 Å². The smallest absolute Gasteiger partial charge is 0.0159 e. The monoisotopic (exact) mass is 372 g/mol. The lowest BCUT2D eigenvalue weighted by Crippen LogP contribution is -2.15. The van der Waals surface area contributed by atoms with Gasteiger partial charge in [-0.15, -0.1) is 0 Å². The van der Waals surface area contributed by atoms with Crippen LogP contribution in [0, 0.1) is 6.92 Å². The Labute approximate surface area is 172 Å². The third kappa shape index (κ3) is 2.20. The van der Waals surface area contributed by atoms with Crippen molar-refractivity contribution in [2.24, 2.45) is 0 Å². The molecule has 0 saturated carbocycles. The maximum Gasteiger partial charge on any atom is 0.0159 e. The normalized spacial score (nSPS) is 14.9. The number of benzene rings is 4. The zero-order valence-electron chi connectivity index (χ0n) is 17.2. The highest BCUT2D eigenvalue weighted by atomic mass is 14.4. The average molecular weight is 373 g/mol. The Morgan fingerprint density at radius 1 is 0.655 bits per heavy atom. The molecule has 0 N–H and O–H groups in total. The molecule has 4 aromatic carbocycles. The van der Waals surface area contributed by atoms with E-state index >= 15 is 0 Å². The summed E-state index contributed by atoms with van der Waals surface area (Å²) in [5.74, 6) is 0. The first-order valence-corrected chi connectivity index (χ1v) is 10.5. The van der Waals surface area contributed by atoms with Crippen molar-refractivity contribution in [3.05, 3.63) is 107 Å². The molecule has 0 aliphatic heterocycles. The van der Waals surface area contributed by atoms with E-state index in [2.05, 4.69) is 99.6 Å². The van der Waals surface area contributed by atoms with Crippen molar-refractivity contribution in [3.8, 4) is 33.4 Å². The summed E-state index contributed by atoms with van der Waals surface area (Å²) in [6.07, 6.45) is 1.02. The molecule has 29 heavy (non-hydrogen) atoms. The van der Waals surface area contributed by atoms with Crippen LogP contribution in [0.25, 0.3) is 33.4 Å². The Morgan fingerprint density at radius 3 is 2.24 bits per heavy atom. The molecule has 2 aliphatic rings. The second kappa shape index (κ2) is 5.70. The lowest BCUT2D eigenvalue weighted by atomic mass is 9.79. The van der Waals surface area contributed by atoms with Crippen LogP contribution in [-0.2, 0) is 11.8 Å². The van der Waals surface area contributed by atoms with E-state index in [-0.39, 0.29) is 5.41 Å². The van der Waals surface area contributed by atoms with Crippen LogP contribution in [0.1, 0.15) is 41.7 Å². The molecule has 0 saturated heterocycles. The standard InChI is InChI=1S/C29H24/c1-18-13-14-22-25(15-18)29(2,3)26-17-23(19-9-5-4-6-10-19)24-16-20-11-7-8-12-21(20)27(24)28(22)26/h4-15,17H,16H2,1-3H3. The van der Waals surface area contributed by atoms with Gasteiger partial charge in [0.25, 0.3) is 0 Å². The minimum absolute atomic E-state index is 0.00673. The molecule has 0 heteroatoms. The van der Waals surface area contributed by atoms with E-state index in [0.29, 0.717) is 0 Å². The van der Waals surface area contributed by atoms with Crippen LogP contribution in [-0.4, -0.2) is 0 Å². The fourth-order valence-corrected chi connectivity index (χ4v) is 5.50. The van der Waals surface area contributed by atoms with Crippen molar-refractivity contribution < 1.29 is 0 Å². The molecule has 4 aromatic rings. The Kier molecular flexibility index (Phi) is 3.30. The maximum atomic E-state index is 2.49. The predicted octanol–water partition coefficient (Wildman–Crippen LogP) is 7.54. The molecule has 0 unspecified atom stereocenters. The molecule has 0 spiro atoms. The first-order chi connectivity index (χ1) is 14.1. The van der Waals surface area contributed by atoms with Crippen molar-refractivity contribution in [1.82, 2.24) is 0 Å². The minimum Gasteiger partial charge on any atom is -0.0622 e. The van der Waals surface area contributed by atoms with Crippen molar-refractivity contribution >= 4 is 0 Å². The van der Waals surface area contributed by atoms with Crippen molar-refractivity contribution in [3.63, 3.8) is 0 Å². The van der Waals surface area contributed by atoms with Gasteiger partial charge in [0.1, 0.15) is 0 Å². The zero-order chi connectivity index (χ0) is 19.8. The molecular formula is C29H24. The van der Waals surface area contributed by atoms with Crippen molar-refractivity contribution in [2.75, 3.05) is 0 Å². The molecule has 140 valence electrons. The molecule has 6 rings (SSSR count). The molecule has 0 aromatic heterocycles. The highest BCUT2D eigenvalue weighted by Gasteiger charge is 2.40. The Balaban J connectivity index is 1.77. The molecule has 0 nitrogen and oxygen atoms in total. The lowest BCUT2D eigenvalue weighted by Gasteiger charge is -2.24. The van der Waals surface area contributed by atoms with Gasteiger partial charge < -0.3 is 0 Å². The summed E-state index contributed by atoms with van der Waals surface area (Å²) in [5, 5.41) is 0. The van der Waals surface area contributed by atoms with Crippen molar-refractivity contribution in [2.45, 2.75) is 32.6 Å². The topological polar surface area (TPSA) is 0 Å². The van der Waals surface area contributed by atoms with E-state index in [1.54, 1.807) is 0 Å². The second-order valence-electron chi connectivity index (χ2n) is 9.07. The third-order valence-electron chi connectivity index (χ3n) is 6.96. The number of hydrogen-bond acceptors (Lipinski definition) is 0. The Bertz CT molecular complexity index is 1290. The summed E-state index contributed by atoms with van der Waals surface area (Å²) in [6.45, 7) is 6.98. The number of rotatable bonds is 1. The van der Waals surface area contributed by atoms with Gasteiger partial charge in [-0.05, 0) is 75.0 Å². The summed E-state index contributed by atoms with van der Waals surface area (Å²) in [7, 11) is 0. The van der Waals surface area contributed by atoms with Gasteiger partial charge in [0.05, 0.1) is 0 Å². The van der Waals surface area contributed by atoms with E-state index in [9.17, 15) is 0 Å². The molecule has 2 aliphatic carbocycles. The molecule has 0 bridgehead atoms. The molecule has 0 amide bonds. The second-order valence-corrected chi connectivity index (χ2v) is 9.07. The van der Waals surface area contributed by atoms with Crippen molar-refractivity contribution in [1.29, 1.82) is 0 Å². The summed E-state index contributed by atoms with van der Waals surface area (Å²) in [6, 6.07) is 29.4. The summed E-state index contributed by atoms with van der Waals surface area (Å²) >= 11 is 0. The first kappa shape index (κ1) is 16.8. The zero-order valence-corrected chi connectivity index (χ0v) is 17.2. The molecule has 0 heterocycles. The maximum absolute atomic E-state index is 2.49. The fourth-order valence-electron chi connectivity index (χ4n) is 5.50. The van der Waals surface area contributed by atoms with E-state index in [1.807, 2.05) is 0 Å². The Morgan fingerprint density at radius 2 is 1.41 bits per heavy atom. The number of aryl methyl sites for hydroxylation is 1. The third-order valence-corrected chi connectivity index (χ3v) is 6.96. The molecule has 0 fully saturated rings. The van der Waals surface area contributed by atoms with Crippen LogP contribution in [0.3, 0.4) is 0 Å². The number of hydrogen-bond donors (Lipinski definition) is 0. The van der Waals surface area contributed by atoms with Gasteiger partial charge >= 0.3 is 0 Å². The largest absolute Gasteiger partial charge is 0.0622 e. The lowest BCUT2D eigenvalue weighted by molar-refractivity contribution is 0.660. The molecule has 0 radical (unpaired) electrons. The summed E-state index contributed by atoms with van der Waals surface area (Å²) in [4.78, 5) is 0. The molecule has 0 atom stereocenters. The summed E-state index contributed by atoms with van der Waals surface area (Å²) < 4.78 is 0. The highest BCUT2D eigenvalue weighted by Crippen LogP contribution is 2.57. The average Bonchev–Trinajstić information content (AvgIpc) is 3.22. The van der Waals surface area contributed by atoms with Crippen LogP contribution >= 0.6 is 0 Å². The van der Waals surface area contributed by atoms with Crippen LogP contribution in [0.5, 0.6) is 0 Å². The SMILES string of the molecule is Cc1ccc2c(c1)C(C)(C)c1cc(-c3ccccc3)c3c(c1-2)-c1ccccc1C3. The van der Waals surface area contributed by atoms with Gasteiger partial charge in [-0.3, -0.25) is 0 Å². The van der Waals surface area contributed by atoms with Crippen LogP contribution in [0.2, 0.25) is 0 Å². The van der Waals surface area contributed by atoms with Crippen LogP contribution in [0.15, 0.2) is 78.9 Å². The van der Waals surface area contributed by atoms with E-state index in [4.69, 9.17) is 0 Å². The minimum atomic E-state index is 0.00673. The highest BCUT2D eigenvalue weighted by molar-refractivity contribution is 6.00. The van der Waals surface area contributed by atoms with Gasteiger partial charge in [-0.2, -0.15) is 0 Å². The predicted molar refractivity (Wildman–Crippen MR) is 122 cm³/mol. The van der Waals surface area contributed by atoms with Gasteiger partial charge in [-0.1, -0.05) is 92.2 Å². The van der Waals surface area contributed by atoms with E-state index in [1.165, 1.54) is 61.2 Å². The van der Waals surface area contributed by atoms with E-state index < -0.39 is 0 Å². The van der Waals surface area contributed by atoms with E-state index in [0.717, 1.165) is 6.42 Å². The first-order valence-electron chi connectivity index (χ1n) is 10.5. The summed E-state index contributed by atoms with van der Waals surface area (Å²) in [5.41, 5.74) is 15.7. The van der Waals surface area contributed by atoms with Crippen LogP contribution in [0.4, 0.5) is 0 Å². The fraction of sp³-hybridized carbons (Fsp3) is 0.172. The molecular weight excluding hydrogens is 348 g/mol. The van der Waals surface area contributed by atoms with Crippen LogP contribution < -0.4 is 0 Å². The quantitative estimate of drug-likeness (QED) is 0.285. The van der Waals surface area contributed by atoms with Gasteiger partial charge in [0, 0.05) is 5.41 Å². The van der Waals surface area contributed by atoms with Gasteiger partial charge in [0.2, 0.25) is 0 Å².